The Morgan fingerprint density at radius 1 is 0.882 bits per heavy atom. The molecule has 3 N–H and O–H groups in total. The van der Waals surface area contributed by atoms with Crippen LogP contribution in [0, 0.1) is 13.8 Å². The van der Waals surface area contributed by atoms with Crippen molar-refractivity contribution in [3.05, 3.63) is 77.1 Å². The topological polar surface area (TPSA) is 108 Å². The summed E-state index contributed by atoms with van der Waals surface area (Å²) in [5, 5.41) is 13.0. The number of carbonyl (C=O) groups excluding carboxylic acids is 2. The second-order valence-electron chi connectivity index (χ2n) is 7.56. The standard InChI is InChI=1S/C24H20F3N3O4/c1-13-8-17(9-14(2)28-13)15-4-3-5-16(10-15)21(31)12-22(32)29-20-11-18(24(25,26)27)6-7-19(20)30-23(33)34/h3-11,30H,12H2,1-2H3,(H,29,32)(H,33,34). The van der Waals surface area contributed by atoms with Gasteiger partial charge in [-0.25, -0.2) is 4.79 Å². The van der Waals surface area contributed by atoms with Crippen molar-refractivity contribution in [2.24, 2.45) is 0 Å². The molecule has 0 aliphatic rings. The number of Topliss-reactive ketones (excluding diaryl/α,β-unsaturated/α-hetero) is 1. The largest absolute Gasteiger partial charge is 0.465 e. The first-order valence-corrected chi connectivity index (χ1v) is 10.0. The maximum Gasteiger partial charge on any atom is 0.416 e. The van der Waals surface area contributed by atoms with Gasteiger partial charge in [0.05, 0.1) is 23.4 Å². The molecule has 3 aromatic rings. The third kappa shape index (κ3) is 6.18. The molecule has 1 aromatic heterocycles. The minimum atomic E-state index is -4.71. The van der Waals surface area contributed by atoms with Crippen molar-refractivity contribution in [1.82, 2.24) is 4.98 Å². The Labute approximate surface area is 192 Å². The number of alkyl halides is 3. The number of hydrogen-bond donors (Lipinski definition) is 3. The number of rotatable bonds is 6. The summed E-state index contributed by atoms with van der Waals surface area (Å²) in [5.74, 6) is -1.44. The van der Waals surface area contributed by atoms with Gasteiger partial charge in [-0.2, -0.15) is 13.2 Å². The molecule has 0 aliphatic carbocycles. The quantitative estimate of drug-likeness (QED) is 0.316. The highest BCUT2D eigenvalue weighted by atomic mass is 19.4. The number of carbonyl (C=O) groups is 3. The monoisotopic (exact) mass is 471 g/mol. The van der Waals surface area contributed by atoms with Gasteiger partial charge in [0, 0.05) is 17.0 Å². The molecule has 0 atom stereocenters. The van der Waals surface area contributed by atoms with Gasteiger partial charge in [-0.3, -0.25) is 19.9 Å². The van der Waals surface area contributed by atoms with Gasteiger partial charge >= 0.3 is 12.3 Å². The van der Waals surface area contributed by atoms with Crippen LogP contribution in [-0.4, -0.2) is 27.9 Å². The van der Waals surface area contributed by atoms with Crippen molar-refractivity contribution in [3.8, 4) is 11.1 Å². The van der Waals surface area contributed by atoms with Crippen molar-refractivity contribution in [1.29, 1.82) is 0 Å². The van der Waals surface area contributed by atoms with Crippen LogP contribution >= 0.6 is 0 Å². The number of hydrogen-bond acceptors (Lipinski definition) is 4. The minimum Gasteiger partial charge on any atom is -0.465 e. The summed E-state index contributed by atoms with van der Waals surface area (Å²) in [6.45, 7) is 3.69. The number of ketones is 1. The molecule has 0 bridgehead atoms. The zero-order chi connectivity index (χ0) is 25.0. The van der Waals surface area contributed by atoms with Gasteiger partial charge in [-0.15, -0.1) is 0 Å². The molecule has 0 spiro atoms. The van der Waals surface area contributed by atoms with Gasteiger partial charge < -0.3 is 10.4 Å². The van der Waals surface area contributed by atoms with Gasteiger partial charge in [0.25, 0.3) is 0 Å². The molecule has 1 heterocycles. The van der Waals surface area contributed by atoms with Crippen molar-refractivity contribution in [3.63, 3.8) is 0 Å². The van der Waals surface area contributed by atoms with E-state index in [1.807, 2.05) is 31.3 Å². The average Bonchev–Trinajstić information content (AvgIpc) is 2.73. The first kappa shape index (κ1) is 24.4. The number of amides is 2. The van der Waals surface area contributed by atoms with Gasteiger partial charge in [0.15, 0.2) is 5.78 Å². The van der Waals surface area contributed by atoms with Crippen LogP contribution in [0.15, 0.2) is 54.6 Å². The maximum absolute atomic E-state index is 13.1. The number of aromatic nitrogens is 1. The van der Waals surface area contributed by atoms with Crippen LogP contribution in [0.25, 0.3) is 11.1 Å². The lowest BCUT2D eigenvalue weighted by atomic mass is 9.99. The zero-order valence-electron chi connectivity index (χ0n) is 18.2. The number of carboxylic acid groups (broad SMARTS) is 1. The molecule has 176 valence electrons. The van der Waals surface area contributed by atoms with E-state index in [0.29, 0.717) is 12.1 Å². The van der Waals surface area contributed by atoms with E-state index in [1.165, 1.54) is 6.07 Å². The summed E-state index contributed by atoms with van der Waals surface area (Å²) in [5.41, 5.74) is 1.69. The van der Waals surface area contributed by atoms with Gasteiger partial charge in [-0.1, -0.05) is 18.2 Å². The predicted octanol–water partition coefficient (Wildman–Crippen LogP) is 5.69. The number of nitrogens with one attached hydrogen (secondary N) is 2. The van der Waals surface area contributed by atoms with Crippen LogP contribution in [0.3, 0.4) is 0 Å². The Balaban J connectivity index is 1.80. The Hall–Kier alpha value is -4.21. The van der Waals surface area contributed by atoms with E-state index in [0.717, 1.165) is 28.6 Å². The lowest BCUT2D eigenvalue weighted by Crippen LogP contribution is -2.19. The van der Waals surface area contributed by atoms with Crippen molar-refractivity contribution in [2.45, 2.75) is 26.4 Å². The van der Waals surface area contributed by atoms with Crippen molar-refractivity contribution in [2.75, 3.05) is 10.6 Å². The number of aryl methyl sites for hydroxylation is 2. The Morgan fingerprint density at radius 3 is 2.18 bits per heavy atom. The second kappa shape index (κ2) is 9.74. The number of halogens is 3. The molecule has 0 saturated carbocycles. The minimum absolute atomic E-state index is 0.243. The summed E-state index contributed by atoms with van der Waals surface area (Å²) in [7, 11) is 0. The predicted molar refractivity (Wildman–Crippen MR) is 120 cm³/mol. The molecule has 0 unspecified atom stereocenters. The molecule has 3 rings (SSSR count). The van der Waals surface area contributed by atoms with Crippen LogP contribution in [0.1, 0.15) is 33.7 Å². The fourth-order valence-electron chi connectivity index (χ4n) is 3.36. The molecule has 0 radical (unpaired) electrons. The normalized spacial score (nSPS) is 11.1. The van der Waals surface area contributed by atoms with Gasteiger partial charge in [-0.05, 0) is 61.4 Å². The summed E-state index contributed by atoms with van der Waals surface area (Å²) < 4.78 is 39.2. The highest BCUT2D eigenvalue weighted by Crippen LogP contribution is 2.34. The van der Waals surface area contributed by atoms with E-state index in [2.05, 4.69) is 10.3 Å². The Morgan fingerprint density at radius 2 is 1.56 bits per heavy atom. The first-order chi connectivity index (χ1) is 15.9. The van der Waals surface area contributed by atoms with Crippen LogP contribution in [-0.2, 0) is 11.0 Å². The molecular formula is C24H20F3N3O4. The fraction of sp³-hybridized carbons (Fsp3) is 0.167. The van der Waals surface area contributed by atoms with E-state index in [1.54, 1.807) is 18.2 Å². The average molecular weight is 471 g/mol. The zero-order valence-corrected chi connectivity index (χ0v) is 18.2. The number of anilines is 2. The summed E-state index contributed by atoms with van der Waals surface area (Å²) in [6.07, 6.45) is -6.88. The molecule has 0 saturated heterocycles. The molecule has 0 fully saturated rings. The third-order valence-corrected chi connectivity index (χ3v) is 4.78. The number of pyridine rings is 1. The smallest absolute Gasteiger partial charge is 0.416 e. The lowest BCUT2D eigenvalue weighted by Gasteiger charge is -2.14. The van der Waals surface area contributed by atoms with E-state index >= 15 is 0 Å². The summed E-state index contributed by atoms with van der Waals surface area (Å²) >= 11 is 0. The molecule has 0 aliphatic heterocycles. The molecule has 7 nitrogen and oxygen atoms in total. The highest BCUT2D eigenvalue weighted by Gasteiger charge is 2.31. The SMILES string of the molecule is Cc1cc(-c2cccc(C(=O)CC(=O)Nc3cc(C(F)(F)F)ccc3NC(=O)O)c2)cc(C)n1. The molecule has 34 heavy (non-hydrogen) atoms. The molecule has 2 aromatic carbocycles. The summed E-state index contributed by atoms with van der Waals surface area (Å²) in [4.78, 5) is 40.4. The molecule has 2 amide bonds. The summed E-state index contributed by atoms with van der Waals surface area (Å²) in [6, 6.07) is 12.5. The van der Waals surface area contributed by atoms with Crippen molar-refractivity contribution >= 4 is 29.2 Å². The van der Waals surface area contributed by atoms with E-state index in [9.17, 15) is 27.6 Å². The van der Waals surface area contributed by atoms with Gasteiger partial charge in [0.2, 0.25) is 5.91 Å². The van der Waals surface area contributed by atoms with Crippen LogP contribution in [0.5, 0.6) is 0 Å². The second-order valence-corrected chi connectivity index (χ2v) is 7.56. The maximum atomic E-state index is 13.1. The molecule has 10 heteroatoms. The van der Waals surface area contributed by atoms with Crippen LogP contribution < -0.4 is 10.6 Å². The Kier molecular flexibility index (Phi) is 7.00. The van der Waals surface area contributed by atoms with Crippen molar-refractivity contribution < 1.29 is 32.7 Å². The lowest BCUT2D eigenvalue weighted by molar-refractivity contribution is -0.137. The third-order valence-electron chi connectivity index (χ3n) is 4.78. The Bertz CT molecular complexity index is 1250. The first-order valence-electron chi connectivity index (χ1n) is 10.0. The highest BCUT2D eigenvalue weighted by molar-refractivity contribution is 6.12. The number of nitrogens with zero attached hydrogens (tertiary/aromatic N) is 1. The number of benzene rings is 2. The molecular weight excluding hydrogens is 451 g/mol. The van der Waals surface area contributed by atoms with Crippen LogP contribution in [0.2, 0.25) is 0 Å². The van der Waals surface area contributed by atoms with Gasteiger partial charge in [0.1, 0.15) is 0 Å². The van der Waals surface area contributed by atoms with E-state index < -0.39 is 41.6 Å². The fourth-order valence-corrected chi connectivity index (χ4v) is 3.36. The van der Waals surface area contributed by atoms with Crippen LogP contribution in [0.4, 0.5) is 29.3 Å². The van der Waals surface area contributed by atoms with E-state index in [-0.39, 0.29) is 11.3 Å². The van der Waals surface area contributed by atoms with E-state index in [4.69, 9.17) is 5.11 Å².